The van der Waals surface area contributed by atoms with Gasteiger partial charge in [0.25, 0.3) is 10.0 Å². The summed E-state index contributed by atoms with van der Waals surface area (Å²) >= 11 is 0. The molecule has 2 amide bonds. The monoisotopic (exact) mass is 565 g/mol. The zero-order chi connectivity index (χ0) is 29.4. The molecule has 1 atom stereocenters. The Morgan fingerprint density at radius 1 is 0.950 bits per heavy atom. The van der Waals surface area contributed by atoms with E-state index < -0.39 is 28.5 Å². The number of nitrogens with one attached hydrogen (secondary N) is 1. The van der Waals surface area contributed by atoms with Crippen LogP contribution in [-0.4, -0.2) is 50.9 Å². The molecule has 0 saturated carbocycles. The van der Waals surface area contributed by atoms with Gasteiger partial charge in [-0.3, -0.25) is 13.9 Å². The summed E-state index contributed by atoms with van der Waals surface area (Å²) in [6.45, 7) is 8.77. The standard InChI is InChI=1S/C31H39N3O5S/c1-7-26-12-8-9-14-29(26)34(40(37,38)28-17-15-23(4)16-18-28)21-30(35)33(24(5)31(36)32-22(2)3)20-25-11-10-13-27(19-25)39-6/h8-19,22,24H,7,20-21H2,1-6H3,(H,32,36). The second kappa shape index (κ2) is 13.5. The van der Waals surface area contributed by atoms with Crippen LogP contribution in [-0.2, 0) is 32.6 Å². The van der Waals surface area contributed by atoms with E-state index in [1.807, 2.05) is 45.9 Å². The van der Waals surface area contributed by atoms with Crippen LogP contribution in [0.2, 0.25) is 0 Å². The van der Waals surface area contributed by atoms with E-state index in [2.05, 4.69) is 5.32 Å². The van der Waals surface area contributed by atoms with Crippen molar-refractivity contribution in [3.63, 3.8) is 0 Å². The summed E-state index contributed by atoms with van der Waals surface area (Å²) in [6.07, 6.45) is 0.574. The summed E-state index contributed by atoms with van der Waals surface area (Å²) in [5, 5.41) is 2.86. The van der Waals surface area contributed by atoms with Gasteiger partial charge in [0.2, 0.25) is 11.8 Å². The second-order valence-electron chi connectivity index (χ2n) is 10.0. The highest BCUT2D eigenvalue weighted by Gasteiger charge is 2.33. The number of amides is 2. The van der Waals surface area contributed by atoms with Crippen molar-refractivity contribution < 1.29 is 22.7 Å². The van der Waals surface area contributed by atoms with Crippen molar-refractivity contribution in [1.29, 1.82) is 0 Å². The number of para-hydroxylation sites is 1. The third kappa shape index (κ3) is 7.41. The van der Waals surface area contributed by atoms with Crippen LogP contribution in [0.4, 0.5) is 5.69 Å². The highest BCUT2D eigenvalue weighted by atomic mass is 32.2. The molecule has 0 saturated heterocycles. The lowest BCUT2D eigenvalue weighted by Gasteiger charge is -2.33. The number of nitrogens with zero attached hydrogens (tertiary/aromatic N) is 2. The average Bonchev–Trinajstić information content (AvgIpc) is 2.94. The number of benzene rings is 3. The molecule has 1 N–H and O–H groups in total. The summed E-state index contributed by atoms with van der Waals surface area (Å²) in [4.78, 5) is 28.6. The van der Waals surface area contributed by atoms with Crippen molar-refractivity contribution in [1.82, 2.24) is 10.2 Å². The van der Waals surface area contributed by atoms with E-state index in [9.17, 15) is 18.0 Å². The molecular weight excluding hydrogens is 526 g/mol. The van der Waals surface area contributed by atoms with E-state index in [-0.39, 0.29) is 23.4 Å². The lowest BCUT2D eigenvalue weighted by Crippen LogP contribution is -2.52. The molecule has 9 heteroatoms. The van der Waals surface area contributed by atoms with Gasteiger partial charge in [-0.25, -0.2) is 8.42 Å². The van der Waals surface area contributed by atoms with Gasteiger partial charge in [-0.2, -0.15) is 0 Å². The summed E-state index contributed by atoms with van der Waals surface area (Å²) < 4.78 is 34.5. The molecule has 0 radical (unpaired) electrons. The molecule has 0 aliphatic carbocycles. The topological polar surface area (TPSA) is 96.0 Å². The van der Waals surface area contributed by atoms with Crippen molar-refractivity contribution in [2.45, 2.75) is 64.6 Å². The van der Waals surface area contributed by atoms with E-state index >= 15 is 0 Å². The van der Waals surface area contributed by atoms with Crippen LogP contribution in [0, 0.1) is 6.92 Å². The van der Waals surface area contributed by atoms with Gasteiger partial charge >= 0.3 is 0 Å². The summed E-state index contributed by atoms with van der Waals surface area (Å²) in [6, 6.07) is 19.9. The minimum absolute atomic E-state index is 0.0850. The van der Waals surface area contributed by atoms with Gasteiger partial charge in [0, 0.05) is 12.6 Å². The summed E-state index contributed by atoms with van der Waals surface area (Å²) in [5.74, 6) is -0.214. The number of hydrogen-bond donors (Lipinski definition) is 1. The molecule has 0 fully saturated rings. The highest BCUT2D eigenvalue weighted by molar-refractivity contribution is 7.92. The Balaban J connectivity index is 2.07. The lowest BCUT2D eigenvalue weighted by molar-refractivity contribution is -0.139. The zero-order valence-electron chi connectivity index (χ0n) is 24.0. The van der Waals surface area contributed by atoms with E-state index in [1.54, 1.807) is 68.6 Å². The van der Waals surface area contributed by atoms with Crippen LogP contribution in [0.25, 0.3) is 0 Å². The first-order valence-electron chi connectivity index (χ1n) is 13.4. The predicted octanol–water partition coefficient (Wildman–Crippen LogP) is 4.70. The maximum atomic E-state index is 14.1. The Morgan fingerprint density at radius 3 is 2.25 bits per heavy atom. The number of carbonyl (C=O) groups excluding carboxylic acids is 2. The molecule has 0 aliphatic rings. The van der Waals surface area contributed by atoms with Crippen molar-refractivity contribution in [3.05, 3.63) is 89.5 Å². The molecule has 0 spiro atoms. The summed E-state index contributed by atoms with van der Waals surface area (Å²) in [5.41, 5.74) is 2.89. The Morgan fingerprint density at radius 2 is 1.62 bits per heavy atom. The van der Waals surface area contributed by atoms with Crippen molar-refractivity contribution in [2.75, 3.05) is 18.0 Å². The number of carbonyl (C=O) groups is 2. The van der Waals surface area contributed by atoms with E-state index in [0.29, 0.717) is 17.9 Å². The van der Waals surface area contributed by atoms with Gasteiger partial charge in [-0.15, -0.1) is 0 Å². The van der Waals surface area contributed by atoms with E-state index in [1.165, 1.54) is 4.90 Å². The fraction of sp³-hybridized carbons (Fsp3) is 0.355. The Kier molecular flexibility index (Phi) is 10.3. The molecule has 3 rings (SSSR count). The lowest BCUT2D eigenvalue weighted by atomic mass is 10.1. The van der Waals surface area contributed by atoms with E-state index in [4.69, 9.17) is 4.74 Å². The fourth-order valence-electron chi connectivity index (χ4n) is 4.36. The molecule has 0 bridgehead atoms. The van der Waals surface area contributed by atoms with Crippen LogP contribution in [0.15, 0.2) is 77.7 Å². The third-order valence-corrected chi connectivity index (χ3v) is 8.39. The van der Waals surface area contributed by atoms with Gasteiger partial charge in [0.05, 0.1) is 17.7 Å². The number of hydrogen-bond acceptors (Lipinski definition) is 5. The Bertz CT molecular complexity index is 1420. The van der Waals surface area contributed by atoms with Crippen molar-refractivity contribution in [3.8, 4) is 5.75 Å². The maximum absolute atomic E-state index is 14.1. The Hall–Kier alpha value is -3.85. The van der Waals surface area contributed by atoms with Crippen molar-refractivity contribution >= 4 is 27.5 Å². The molecule has 8 nitrogen and oxygen atoms in total. The van der Waals surface area contributed by atoms with Gasteiger partial charge < -0.3 is 15.0 Å². The minimum atomic E-state index is -4.12. The van der Waals surface area contributed by atoms with Gasteiger partial charge in [-0.05, 0) is 75.6 Å². The maximum Gasteiger partial charge on any atom is 0.264 e. The number of sulfonamides is 1. The fourth-order valence-corrected chi connectivity index (χ4v) is 5.81. The largest absolute Gasteiger partial charge is 0.497 e. The molecule has 3 aromatic rings. The highest BCUT2D eigenvalue weighted by Crippen LogP contribution is 2.28. The van der Waals surface area contributed by atoms with Gasteiger partial charge in [0.15, 0.2) is 0 Å². The minimum Gasteiger partial charge on any atom is -0.497 e. The first kappa shape index (κ1) is 30.7. The number of ether oxygens (including phenoxy) is 1. The molecule has 0 aromatic heterocycles. The Labute approximate surface area is 238 Å². The third-order valence-electron chi connectivity index (χ3n) is 6.61. The number of methoxy groups -OCH3 is 1. The average molecular weight is 566 g/mol. The van der Waals surface area contributed by atoms with Crippen LogP contribution < -0.4 is 14.4 Å². The first-order valence-corrected chi connectivity index (χ1v) is 14.8. The molecule has 214 valence electrons. The molecule has 1 unspecified atom stereocenters. The van der Waals surface area contributed by atoms with Gasteiger partial charge in [-0.1, -0.05) is 55.0 Å². The van der Waals surface area contributed by atoms with Crippen LogP contribution in [0.1, 0.15) is 44.4 Å². The van der Waals surface area contributed by atoms with Gasteiger partial charge in [0.1, 0.15) is 18.3 Å². The number of aryl methyl sites for hydroxylation is 2. The second-order valence-corrected chi connectivity index (χ2v) is 11.9. The van der Waals surface area contributed by atoms with Crippen LogP contribution in [0.5, 0.6) is 5.75 Å². The SMILES string of the molecule is CCc1ccccc1N(CC(=O)N(Cc1cccc(OC)c1)C(C)C(=O)NC(C)C)S(=O)(=O)c1ccc(C)cc1. The molecule has 0 aliphatic heterocycles. The summed E-state index contributed by atoms with van der Waals surface area (Å²) in [7, 11) is -2.56. The van der Waals surface area contributed by atoms with E-state index in [0.717, 1.165) is 21.0 Å². The quantitative estimate of drug-likeness (QED) is 0.343. The molecular formula is C31H39N3O5S. The predicted molar refractivity (Wildman–Crippen MR) is 158 cm³/mol. The number of anilines is 1. The smallest absolute Gasteiger partial charge is 0.264 e. The molecule has 3 aromatic carbocycles. The van der Waals surface area contributed by atoms with Crippen molar-refractivity contribution in [2.24, 2.45) is 0 Å². The first-order chi connectivity index (χ1) is 19.0. The normalized spacial score (nSPS) is 12.1. The molecule has 0 heterocycles. The zero-order valence-corrected chi connectivity index (χ0v) is 24.9. The number of rotatable bonds is 12. The molecule has 40 heavy (non-hydrogen) atoms. The van der Waals surface area contributed by atoms with Crippen LogP contribution in [0.3, 0.4) is 0 Å². The van der Waals surface area contributed by atoms with Crippen LogP contribution >= 0.6 is 0 Å².